The zero-order valence-electron chi connectivity index (χ0n) is 11.4. The molecule has 0 aliphatic heterocycles. The quantitative estimate of drug-likeness (QED) is 0.777. The van der Waals surface area contributed by atoms with Gasteiger partial charge in [0.15, 0.2) is 0 Å². The summed E-state index contributed by atoms with van der Waals surface area (Å²) in [6, 6.07) is 2.45. The second kappa shape index (κ2) is 6.34. The molecule has 0 bridgehead atoms. The zero-order chi connectivity index (χ0) is 13.0. The van der Waals surface area contributed by atoms with Crippen molar-refractivity contribution < 1.29 is 0 Å². The molecule has 4 heteroatoms. The molecular formula is C13H22BrN3. The number of hydrogen-bond donors (Lipinski definition) is 0. The highest BCUT2D eigenvalue weighted by atomic mass is 79.9. The van der Waals surface area contributed by atoms with Crippen molar-refractivity contribution in [2.24, 2.45) is 5.92 Å². The maximum absolute atomic E-state index is 4.61. The van der Waals surface area contributed by atoms with Crippen molar-refractivity contribution in [3.63, 3.8) is 0 Å². The largest absolute Gasteiger partial charge is 0.354 e. The molecule has 1 heterocycles. The second-order valence-electron chi connectivity index (χ2n) is 4.96. The fraction of sp³-hybridized carbons (Fsp3) is 0.692. The van der Waals surface area contributed by atoms with Crippen molar-refractivity contribution in [2.75, 3.05) is 11.4 Å². The average molecular weight is 300 g/mol. The molecule has 0 radical (unpaired) electrons. The van der Waals surface area contributed by atoms with Crippen LogP contribution in [0.1, 0.15) is 40.4 Å². The predicted molar refractivity (Wildman–Crippen MR) is 76.4 cm³/mol. The summed E-state index contributed by atoms with van der Waals surface area (Å²) in [5, 5.41) is 0. The number of nitrogens with zero attached hydrogens (tertiary/aromatic N) is 3. The van der Waals surface area contributed by atoms with Gasteiger partial charge in [-0.25, -0.2) is 9.97 Å². The lowest BCUT2D eigenvalue weighted by molar-refractivity contribution is 0.564. The van der Waals surface area contributed by atoms with Crippen LogP contribution < -0.4 is 4.90 Å². The summed E-state index contributed by atoms with van der Waals surface area (Å²) in [4.78, 5) is 11.3. The Kier molecular flexibility index (Phi) is 5.37. The van der Waals surface area contributed by atoms with Crippen LogP contribution in [0.2, 0.25) is 0 Å². The molecule has 1 aromatic rings. The van der Waals surface area contributed by atoms with Gasteiger partial charge >= 0.3 is 0 Å². The Morgan fingerprint density at radius 1 is 1.24 bits per heavy atom. The molecule has 0 N–H and O–H groups in total. The molecule has 96 valence electrons. The van der Waals surface area contributed by atoms with E-state index in [2.05, 4.69) is 65.4 Å². The third-order valence-corrected chi connectivity index (χ3v) is 2.93. The Balaban J connectivity index is 3.04. The van der Waals surface area contributed by atoms with Gasteiger partial charge in [0, 0.05) is 25.1 Å². The van der Waals surface area contributed by atoms with Gasteiger partial charge in [0.2, 0.25) is 0 Å². The zero-order valence-corrected chi connectivity index (χ0v) is 13.0. The number of rotatable bonds is 5. The Hall–Kier alpha value is -0.640. The van der Waals surface area contributed by atoms with Crippen molar-refractivity contribution in [3.8, 4) is 0 Å². The molecule has 0 aromatic carbocycles. The molecule has 0 amide bonds. The fourth-order valence-electron chi connectivity index (χ4n) is 1.72. The first-order chi connectivity index (χ1) is 7.93. The van der Waals surface area contributed by atoms with Gasteiger partial charge in [0.25, 0.3) is 0 Å². The van der Waals surface area contributed by atoms with Crippen molar-refractivity contribution in [3.05, 3.63) is 16.5 Å². The molecule has 0 atom stereocenters. The van der Waals surface area contributed by atoms with Crippen LogP contribution in [0.25, 0.3) is 0 Å². The molecule has 3 nitrogen and oxygen atoms in total. The van der Waals surface area contributed by atoms with Gasteiger partial charge < -0.3 is 4.90 Å². The molecular weight excluding hydrogens is 278 g/mol. The average Bonchev–Trinajstić information content (AvgIpc) is 2.24. The first kappa shape index (κ1) is 14.4. The van der Waals surface area contributed by atoms with E-state index >= 15 is 0 Å². The molecule has 1 aromatic heterocycles. The number of aryl methyl sites for hydroxylation is 1. The number of anilines is 1. The van der Waals surface area contributed by atoms with Crippen LogP contribution in [0.4, 0.5) is 5.82 Å². The number of hydrogen-bond acceptors (Lipinski definition) is 3. The van der Waals surface area contributed by atoms with Crippen molar-refractivity contribution in [2.45, 2.75) is 47.1 Å². The van der Waals surface area contributed by atoms with Gasteiger partial charge in [-0.3, -0.25) is 0 Å². The molecule has 0 saturated heterocycles. The minimum atomic E-state index is 0.448. The Bertz CT molecular complexity index is 364. The summed E-state index contributed by atoms with van der Waals surface area (Å²) in [5.41, 5.74) is 0. The number of halogens is 1. The van der Waals surface area contributed by atoms with Crippen molar-refractivity contribution in [1.29, 1.82) is 0 Å². The van der Waals surface area contributed by atoms with Crippen LogP contribution in [0.5, 0.6) is 0 Å². The fourth-order valence-corrected chi connectivity index (χ4v) is 2.13. The smallest absolute Gasteiger partial charge is 0.133 e. The third kappa shape index (κ3) is 4.26. The SMILES string of the molecule is CCc1nc(Br)cc(N(CC(C)C)C(C)C)n1. The molecule has 0 fully saturated rings. The van der Waals surface area contributed by atoms with Crippen LogP contribution in [0.3, 0.4) is 0 Å². The van der Waals surface area contributed by atoms with E-state index in [1.54, 1.807) is 0 Å². The Morgan fingerprint density at radius 3 is 2.35 bits per heavy atom. The van der Waals surface area contributed by atoms with Gasteiger partial charge in [0.1, 0.15) is 16.2 Å². The summed E-state index contributed by atoms with van der Waals surface area (Å²) in [6.07, 6.45) is 0.861. The molecule has 17 heavy (non-hydrogen) atoms. The molecule has 0 saturated carbocycles. The first-order valence-corrected chi connectivity index (χ1v) is 7.03. The van der Waals surface area contributed by atoms with E-state index in [1.165, 1.54) is 0 Å². The highest BCUT2D eigenvalue weighted by Crippen LogP contribution is 2.20. The summed E-state index contributed by atoms with van der Waals surface area (Å²) in [5.74, 6) is 2.53. The maximum atomic E-state index is 4.61. The summed E-state index contributed by atoms with van der Waals surface area (Å²) in [6.45, 7) is 11.9. The second-order valence-corrected chi connectivity index (χ2v) is 5.77. The third-order valence-electron chi connectivity index (χ3n) is 2.52. The lowest BCUT2D eigenvalue weighted by Crippen LogP contribution is -2.35. The minimum absolute atomic E-state index is 0.448. The molecule has 0 unspecified atom stereocenters. The summed E-state index contributed by atoms with van der Waals surface area (Å²) in [7, 11) is 0. The maximum Gasteiger partial charge on any atom is 0.133 e. The minimum Gasteiger partial charge on any atom is -0.354 e. The lowest BCUT2D eigenvalue weighted by atomic mass is 10.2. The highest BCUT2D eigenvalue weighted by molar-refractivity contribution is 9.10. The predicted octanol–water partition coefficient (Wildman–Crippen LogP) is 3.67. The standard InChI is InChI=1S/C13H22BrN3/c1-6-12-15-11(14)7-13(16-12)17(10(4)5)8-9(2)3/h7,9-10H,6,8H2,1-5H3. The van der Waals surface area contributed by atoms with E-state index in [0.29, 0.717) is 12.0 Å². The lowest BCUT2D eigenvalue weighted by Gasteiger charge is -2.29. The van der Waals surface area contributed by atoms with E-state index in [-0.39, 0.29) is 0 Å². The van der Waals surface area contributed by atoms with Crippen LogP contribution in [-0.4, -0.2) is 22.6 Å². The van der Waals surface area contributed by atoms with Crippen molar-refractivity contribution >= 4 is 21.7 Å². The Morgan fingerprint density at radius 2 is 1.88 bits per heavy atom. The van der Waals surface area contributed by atoms with Gasteiger partial charge in [-0.05, 0) is 35.7 Å². The molecule has 1 rings (SSSR count). The summed E-state index contributed by atoms with van der Waals surface area (Å²) >= 11 is 3.46. The van der Waals surface area contributed by atoms with Gasteiger partial charge in [-0.2, -0.15) is 0 Å². The van der Waals surface area contributed by atoms with E-state index in [9.17, 15) is 0 Å². The summed E-state index contributed by atoms with van der Waals surface area (Å²) < 4.78 is 0.869. The number of aromatic nitrogens is 2. The molecule has 0 spiro atoms. The highest BCUT2D eigenvalue weighted by Gasteiger charge is 2.15. The van der Waals surface area contributed by atoms with Crippen molar-refractivity contribution in [1.82, 2.24) is 9.97 Å². The van der Waals surface area contributed by atoms with Crippen LogP contribution in [0, 0.1) is 5.92 Å². The first-order valence-electron chi connectivity index (χ1n) is 6.24. The monoisotopic (exact) mass is 299 g/mol. The van der Waals surface area contributed by atoms with Crippen LogP contribution in [-0.2, 0) is 6.42 Å². The molecule has 0 aliphatic rings. The van der Waals surface area contributed by atoms with E-state index in [4.69, 9.17) is 0 Å². The van der Waals surface area contributed by atoms with E-state index in [0.717, 1.165) is 29.2 Å². The molecule has 0 aliphatic carbocycles. The Labute approximate surface area is 113 Å². The van der Waals surface area contributed by atoms with E-state index in [1.807, 2.05) is 6.07 Å². The van der Waals surface area contributed by atoms with Crippen LogP contribution in [0.15, 0.2) is 10.7 Å². The van der Waals surface area contributed by atoms with Gasteiger partial charge in [-0.15, -0.1) is 0 Å². The van der Waals surface area contributed by atoms with Crippen LogP contribution >= 0.6 is 15.9 Å². The van der Waals surface area contributed by atoms with E-state index < -0.39 is 0 Å². The van der Waals surface area contributed by atoms with Gasteiger partial charge in [0.05, 0.1) is 0 Å². The normalized spacial score (nSPS) is 11.3. The van der Waals surface area contributed by atoms with Gasteiger partial charge in [-0.1, -0.05) is 20.8 Å². The topological polar surface area (TPSA) is 29.0 Å².